The van der Waals surface area contributed by atoms with E-state index >= 15 is 0 Å². The third-order valence-electron chi connectivity index (χ3n) is 6.50. The molecule has 0 unspecified atom stereocenters. The van der Waals surface area contributed by atoms with Crippen LogP contribution in [0.4, 0.5) is 19.9 Å². The monoisotopic (exact) mass is 533 g/mol. The van der Waals surface area contributed by atoms with Crippen molar-refractivity contribution < 1.29 is 23.8 Å². The summed E-state index contributed by atoms with van der Waals surface area (Å²) >= 11 is 0. The van der Waals surface area contributed by atoms with Crippen LogP contribution in [0.1, 0.15) is 19.0 Å². The minimum Gasteiger partial charge on any atom is -0.465 e. The Bertz CT molecular complexity index is 1490. The van der Waals surface area contributed by atoms with Crippen LogP contribution in [0.2, 0.25) is 0 Å². The number of carboxylic acid groups (broad SMARTS) is 1. The summed E-state index contributed by atoms with van der Waals surface area (Å²) in [4.78, 5) is 43.2. The van der Waals surface area contributed by atoms with Gasteiger partial charge in [-0.2, -0.15) is 0 Å². The predicted molar refractivity (Wildman–Crippen MR) is 143 cm³/mol. The summed E-state index contributed by atoms with van der Waals surface area (Å²) in [6, 6.07) is 10.4. The molecule has 1 aromatic carbocycles. The number of imidazole rings is 1. The highest BCUT2D eigenvalue weighted by molar-refractivity contribution is 5.97. The number of carbonyl (C=O) groups is 2. The van der Waals surface area contributed by atoms with Gasteiger partial charge in [0.05, 0.1) is 17.8 Å². The summed E-state index contributed by atoms with van der Waals surface area (Å²) in [6.45, 7) is 4.97. The number of nitrogens with one attached hydrogen (secondary N) is 2. The second-order valence-corrected chi connectivity index (χ2v) is 9.12. The van der Waals surface area contributed by atoms with Gasteiger partial charge in [-0.1, -0.05) is 6.07 Å². The molecule has 4 aromatic rings. The fraction of sp³-hybridized carbons (Fsp3) is 0.296. The van der Waals surface area contributed by atoms with Crippen molar-refractivity contribution in [1.82, 2.24) is 29.7 Å². The molecule has 2 amide bonds. The maximum absolute atomic E-state index is 14.8. The van der Waals surface area contributed by atoms with Crippen molar-refractivity contribution in [3.05, 3.63) is 60.3 Å². The Hall–Kier alpha value is -4.58. The van der Waals surface area contributed by atoms with E-state index in [4.69, 9.17) is 4.74 Å². The van der Waals surface area contributed by atoms with Gasteiger partial charge < -0.3 is 19.7 Å². The summed E-state index contributed by atoms with van der Waals surface area (Å²) in [5.41, 5.74) is 4.06. The van der Waals surface area contributed by atoms with Crippen LogP contribution in [0, 0.1) is 5.82 Å². The van der Waals surface area contributed by atoms with Crippen molar-refractivity contribution in [2.45, 2.75) is 19.9 Å². The molecule has 1 aliphatic rings. The van der Waals surface area contributed by atoms with Crippen molar-refractivity contribution in [1.29, 1.82) is 0 Å². The van der Waals surface area contributed by atoms with Gasteiger partial charge in [-0.25, -0.2) is 19.0 Å². The zero-order chi connectivity index (χ0) is 27.4. The Balaban J connectivity index is 1.43. The maximum Gasteiger partial charge on any atom is 0.413 e. The number of H-pyrrole nitrogens is 1. The quantitative estimate of drug-likeness (QED) is 0.328. The van der Waals surface area contributed by atoms with Gasteiger partial charge >= 0.3 is 12.2 Å². The molecule has 202 valence electrons. The molecule has 0 saturated carbocycles. The topological polar surface area (TPSA) is 137 Å². The Morgan fingerprint density at radius 3 is 2.74 bits per heavy atom. The molecule has 3 aromatic heterocycles. The Labute approximate surface area is 223 Å². The molecule has 1 saturated heterocycles. The van der Waals surface area contributed by atoms with E-state index in [9.17, 15) is 19.1 Å². The molecular formula is C27H28FN7O4. The predicted octanol–water partition coefficient (Wildman–Crippen LogP) is 4.58. The molecule has 1 aliphatic heterocycles. The van der Waals surface area contributed by atoms with Crippen molar-refractivity contribution in [2.24, 2.45) is 0 Å². The highest BCUT2D eigenvalue weighted by atomic mass is 19.1. The van der Waals surface area contributed by atoms with E-state index in [1.54, 1.807) is 19.2 Å². The number of hydrogen-bond donors (Lipinski definition) is 3. The molecule has 0 bridgehead atoms. The number of amides is 2. The minimum absolute atomic E-state index is 0.139. The molecule has 39 heavy (non-hydrogen) atoms. The molecule has 0 spiro atoms. The summed E-state index contributed by atoms with van der Waals surface area (Å²) in [5, 5.41) is 11.8. The lowest BCUT2D eigenvalue weighted by atomic mass is 10.0. The maximum atomic E-state index is 14.8. The third-order valence-corrected chi connectivity index (χ3v) is 6.50. The largest absolute Gasteiger partial charge is 0.465 e. The van der Waals surface area contributed by atoms with Crippen LogP contribution in [0.15, 0.2) is 48.8 Å². The fourth-order valence-corrected chi connectivity index (χ4v) is 4.61. The van der Waals surface area contributed by atoms with Crippen LogP contribution in [0.5, 0.6) is 0 Å². The number of benzene rings is 1. The van der Waals surface area contributed by atoms with Gasteiger partial charge in [0.25, 0.3) is 0 Å². The van der Waals surface area contributed by atoms with E-state index in [1.165, 1.54) is 23.2 Å². The highest BCUT2D eigenvalue weighted by Gasteiger charge is 2.20. The van der Waals surface area contributed by atoms with Crippen LogP contribution in [-0.4, -0.2) is 79.8 Å². The normalized spacial score (nSPS) is 14.3. The second-order valence-electron chi connectivity index (χ2n) is 9.12. The number of halogens is 1. The Kier molecular flexibility index (Phi) is 7.64. The first-order valence-corrected chi connectivity index (χ1v) is 12.6. The first-order valence-electron chi connectivity index (χ1n) is 12.6. The summed E-state index contributed by atoms with van der Waals surface area (Å²) in [7, 11) is 0. The van der Waals surface area contributed by atoms with E-state index in [0.29, 0.717) is 42.8 Å². The smallest absolute Gasteiger partial charge is 0.413 e. The van der Waals surface area contributed by atoms with Crippen LogP contribution in [0.3, 0.4) is 0 Å². The van der Waals surface area contributed by atoms with Crippen molar-refractivity contribution in [2.75, 3.05) is 38.1 Å². The lowest BCUT2D eigenvalue weighted by molar-refractivity contribution is 0.146. The molecule has 12 heteroatoms. The fourth-order valence-electron chi connectivity index (χ4n) is 4.61. The van der Waals surface area contributed by atoms with E-state index < -0.39 is 18.0 Å². The summed E-state index contributed by atoms with van der Waals surface area (Å²) in [6.07, 6.45) is 2.50. The molecule has 3 N–H and O–H groups in total. The first-order chi connectivity index (χ1) is 18.9. The zero-order valence-electron chi connectivity index (χ0n) is 21.4. The minimum atomic E-state index is -0.887. The van der Waals surface area contributed by atoms with Crippen molar-refractivity contribution >= 4 is 29.2 Å². The molecule has 5 rings (SSSR count). The second kappa shape index (κ2) is 11.4. The number of fused-ring (bicyclic) bond motifs is 1. The van der Waals surface area contributed by atoms with Gasteiger partial charge in [0.2, 0.25) is 5.95 Å². The van der Waals surface area contributed by atoms with Gasteiger partial charge in [0.1, 0.15) is 17.0 Å². The number of aromatic nitrogens is 4. The van der Waals surface area contributed by atoms with Gasteiger partial charge in [-0.05, 0) is 49.2 Å². The number of aromatic amines is 1. The van der Waals surface area contributed by atoms with Crippen molar-refractivity contribution in [3.63, 3.8) is 0 Å². The molecule has 1 fully saturated rings. The standard InChI is InChI=1S/C27H28FN7O4/c1-2-39-26(36)33-25-31-22-14-18(13-20(24(22)32-25)23-21(28)5-3-8-29-23)17-6-7-19(30-15-17)16-34-9-4-10-35(12-11-34)27(37)38/h3,5-8,13-15H,2,4,9-12,16H2,1H3,(H,37,38)(H2,31,32,33,36). The SMILES string of the molecule is CCOC(=O)Nc1nc2c(-c3ncccc3F)cc(-c3ccc(CN4CCCN(C(=O)O)CC4)nc3)cc2[nH]1. The Morgan fingerprint density at radius 2 is 2.00 bits per heavy atom. The molecule has 0 radical (unpaired) electrons. The van der Waals surface area contributed by atoms with Crippen molar-refractivity contribution in [3.8, 4) is 22.4 Å². The van der Waals surface area contributed by atoms with Crippen LogP contribution >= 0.6 is 0 Å². The molecule has 4 heterocycles. The summed E-state index contributed by atoms with van der Waals surface area (Å²) in [5.74, 6) is -0.322. The van der Waals surface area contributed by atoms with Gasteiger partial charge in [0, 0.05) is 56.2 Å². The number of ether oxygens (including phenoxy) is 1. The first kappa shape index (κ1) is 26.0. The molecular weight excluding hydrogens is 505 g/mol. The van der Waals surface area contributed by atoms with Crippen LogP contribution < -0.4 is 5.32 Å². The van der Waals surface area contributed by atoms with Crippen LogP contribution in [0.25, 0.3) is 33.4 Å². The van der Waals surface area contributed by atoms with Gasteiger partial charge in [-0.3, -0.25) is 20.2 Å². The average Bonchev–Trinajstić information content (AvgIpc) is 3.17. The zero-order valence-corrected chi connectivity index (χ0v) is 21.4. The number of anilines is 1. The number of rotatable bonds is 6. The molecule has 0 atom stereocenters. The Morgan fingerprint density at radius 1 is 1.13 bits per heavy atom. The van der Waals surface area contributed by atoms with E-state index in [0.717, 1.165) is 29.8 Å². The van der Waals surface area contributed by atoms with E-state index in [-0.39, 0.29) is 18.2 Å². The summed E-state index contributed by atoms with van der Waals surface area (Å²) < 4.78 is 19.7. The van der Waals surface area contributed by atoms with E-state index in [2.05, 4.69) is 30.2 Å². The van der Waals surface area contributed by atoms with Gasteiger partial charge in [-0.15, -0.1) is 0 Å². The number of carbonyl (C=O) groups excluding carboxylic acids is 1. The number of pyridine rings is 2. The van der Waals surface area contributed by atoms with E-state index in [1.807, 2.05) is 18.2 Å². The third kappa shape index (κ3) is 5.96. The lowest BCUT2D eigenvalue weighted by Gasteiger charge is -2.20. The average molecular weight is 534 g/mol. The molecule has 11 nitrogen and oxygen atoms in total. The highest BCUT2D eigenvalue weighted by Crippen LogP contribution is 2.34. The van der Waals surface area contributed by atoms with Gasteiger partial charge in [0.15, 0.2) is 0 Å². The lowest BCUT2D eigenvalue weighted by Crippen LogP contribution is -2.34. The molecule has 0 aliphatic carbocycles. The van der Waals surface area contributed by atoms with Crippen LogP contribution in [-0.2, 0) is 11.3 Å². The number of nitrogens with zero attached hydrogens (tertiary/aromatic N) is 5. The number of hydrogen-bond acceptors (Lipinski definition) is 7.